The van der Waals surface area contributed by atoms with Crippen molar-refractivity contribution in [3.8, 4) is 28.5 Å². The Kier molecular flexibility index (Phi) is 6.65. The number of nitrogens with zero attached hydrogens (tertiary/aromatic N) is 5. The second-order valence-electron chi connectivity index (χ2n) is 8.53. The molecule has 0 fully saturated rings. The molecule has 0 unspecified atom stereocenters. The number of allylic oxidation sites excluding steroid dienone is 1. The summed E-state index contributed by atoms with van der Waals surface area (Å²) >= 11 is 1.50. The maximum absolute atomic E-state index is 5.46. The molecule has 2 heterocycles. The summed E-state index contributed by atoms with van der Waals surface area (Å²) in [6.07, 6.45) is 1.84. The first-order valence-corrected chi connectivity index (χ1v) is 11.6. The number of hydrogen-bond acceptors (Lipinski definition) is 7. The van der Waals surface area contributed by atoms with Crippen LogP contribution in [0, 0.1) is 0 Å². The highest BCUT2D eigenvalue weighted by atomic mass is 32.2. The third-order valence-electron chi connectivity index (χ3n) is 5.18. The van der Waals surface area contributed by atoms with Crippen LogP contribution in [-0.4, -0.2) is 32.0 Å². The minimum Gasteiger partial charge on any atom is -0.496 e. The van der Waals surface area contributed by atoms with Gasteiger partial charge in [-0.3, -0.25) is 4.57 Å². The summed E-state index contributed by atoms with van der Waals surface area (Å²) in [6, 6.07) is 16.1. The third kappa shape index (κ3) is 5.01. The van der Waals surface area contributed by atoms with Gasteiger partial charge in [0.1, 0.15) is 5.75 Å². The monoisotopic (exact) mass is 461 g/mol. The van der Waals surface area contributed by atoms with Crippen molar-refractivity contribution in [1.82, 2.24) is 24.9 Å². The van der Waals surface area contributed by atoms with Gasteiger partial charge in [-0.25, -0.2) is 0 Å². The van der Waals surface area contributed by atoms with Crippen LogP contribution in [0.15, 0.2) is 70.9 Å². The summed E-state index contributed by atoms with van der Waals surface area (Å²) in [5, 5.41) is 13.7. The lowest BCUT2D eigenvalue weighted by molar-refractivity contribution is 0.390. The number of hydrogen-bond donors (Lipinski definition) is 0. The Morgan fingerprint density at radius 1 is 1.09 bits per heavy atom. The first-order chi connectivity index (χ1) is 15.9. The van der Waals surface area contributed by atoms with Crippen LogP contribution in [0.4, 0.5) is 0 Å². The zero-order valence-electron chi connectivity index (χ0n) is 19.3. The quantitative estimate of drug-likeness (QED) is 0.243. The van der Waals surface area contributed by atoms with Gasteiger partial charge in [-0.1, -0.05) is 80.2 Å². The summed E-state index contributed by atoms with van der Waals surface area (Å²) in [7, 11) is 1.62. The zero-order chi connectivity index (χ0) is 23.4. The molecule has 0 aliphatic carbocycles. The first kappa shape index (κ1) is 22.8. The van der Waals surface area contributed by atoms with E-state index < -0.39 is 0 Å². The van der Waals surface area contributed by atoms with Crippen LogP contribution in [0.3, 0.4) is 0 Å². The molecule has 2 aromatic carbocycles. The SMILES string of the molecule is C=CCn1c(SCc2nc(-c3ccccc3OC)no2)nnc1-c1ccc(C(C)(C)C)cc1. The number of aromatic nitrogens is 5. The predicted molar refractivity (Wildman–Crippen MR) is 130 cm³/mol. The first-order valence-electron chi connectivity index (χ1n) is 10.6. The number of para-hydroxylation sites is 1. The second-order valence-corrected chi connectivity index (χ2v) is 9.48. The molecule has 0 radical (unpaired) electrons. The van der Waals surface area contributed by atoms with E-state index in [1.807, 2.05) is 34.9 Å². The average Bonchev–Trinajstić information content (AvgIpc) is 3.44. The Balaban J connectivity index is 1.53. The van der Waals surface area contributed by atoms with Gasteiger partial charge < -0.3 is 9.26 Å². The number of thioether (sulfide) groups is 1. The fourth-order valence-electron chi connectivity index (χ4n) is 3.40. The predicted octanol–water partition coefficient (Wildman–Crippen LogP) is 5.78. The lowest BCUT2D eigenvalue weighted by atomic mass is 9.87. The van der Waals surface area contributed by atoms with Crippen molar-refractivity contribution in [2.45, 2.75) is 43.6 Å². The summed E-state index contributed by atoms with van der Waals surface area (Å²) in [6.45, 7) is 11.1. The van der Waals surface area contributed by atoms with E-state index in [1.54, 1.807) is 7.11 Å². The summed E-state index contributed by atoms with van der Waals surface area (Å²) < 4.78 is 12.9. The van der Waals surface area contributed by atoms with Crippen LogP contribution in [-0.2, 0) is 17.7 Å². The minimum absolute atomic E-state index is 0.0982. The van der Waals surface area contributed by atoms with E-state index in [0.29, 0.717) is 29.8 Å². The normalized spacial score (nSPS) is 11.5. The van der Waals surface area contributed by atoms with E-state index in [4.69, 9.17) is 9.26 Å². The van der Waals surface area contributed by atoms with Crippen molar-refractivity contribution in [2.75, 3.05) is 7.11 Å². The van der Waals surface area contributed by atoms with Crippen LogP contribution in [0.1, 0.15) is 32.2 Å². The van der Waals surface area contributed by atoms with E-state index >= 15 is 0 Å². The van der Waals surface area contributed by atoms with Gasteiger partial charge in [-0.2, -0.15) is 4.98 Å². The third-order valence-corrected chi connectivity index (χ3v) is 6.13. The molecule has 7 nitrogen and oxygen atoms in total. The molecular weight excluding hydrogens is 434 g/mol. The van der Waals surface area contributed by atoms with E-state index in [9.17, 15) is 0 Å². The van der Waals surface area contributed by atoms with E-state index in [1.165, 1.54) is 17.3 Å². The minimum atomic E-state index is 0.0982. The van der Waals surface area contributed by atoms with Gasteiger partial charge in [0.2, 0.25) is 11.7 Å². The fourth-order valence-corrected chi connectivity index (χ4v) is 4.19. The van der Waals surface area contributed by atoms with Crippen LogP contribution in [0.2, 0.25) is 0 Å². The number of ether oxygens (including phenoxy) is 1. The van der Waals surface area contributed by atoms with Crippen molar-refractivity contribution >= 4 is 11.8 Å². The van der Waals surface area contributed by atoms with Gasteiger partial charge in [0.05, 0.1) is 18.4 Å². The summed E-state index contributed by atoms with van der Waals surface area (Å²) in [4.78, 5) is 4.52. The molecule has 170 valence electrons. The lowest BCUT2D eigenvalue weighted by Crippen LogP contribution is -2.10. The summed E-state index contributed by atoms with van der Waals surface area (Å²) in [5.74, 6) is 2.98. The molecule has 4 aromatic rings. The number of benzene rings is 2. The van der Waals surface area contributed by atoms with Crippen LogP contribution in [0.5, 0.6) is 5.75 Å². The number of methoxy groups -OCH3 is 1. The molecule has 0 N–H and O–H groups in total. The van der Waals surface area contributed by atoms with Crippen molar-refractivity contribution in [1.29, 1.82) is 0 Å². The van der Waals surface area contributed by atoms with Gasteiger partial charge in [0.15, 0.2) is 11.0 Å². The van der Waals surface area contributed by atoms with E-state index in [0.717, 1.165) is 22.1 Å². The Bertz CT molecular complexity index is 1240. The van der Waals surface area contributed by atoms with Crippen molar-refractivity contribution in [3.05, 3.63) is 72.6 Å². The molecule has 2 aromatic heterocycles. The Labute approximate surface area is 197 Å². The molecular formula is C25H27N5O2S. The van der Waals surface area contributed by atoms with E-state index in [-0.39, 0.29) is 5.41 Å². The Morgan fingerprint density at radius 3 is 2.55 bits per heavy atom. The zero-order valence-corrected chi connectivity index (χ0v) is 20.1. The molecule has 0 spiro atoms. The van der Waals surface area contributed by atoms with Crippen molar-refractivity contribution in [2.24, 2.45) is 0 Å². The fraction of sp³-hybridized carbons (Fsp3) is 0.280. The molecule has 0 bridgehead atoms. The Hall–Kier alpha value is -3.39. The highest BCUT2D eigenvalue weighted by Gasteiger charge is 2.18. The maximum Gasteiger partial charge on any atom is 0.237 e. The van der Waals surface area contributed by atoms with Gasteiger partial charge in [0.25, 0.3) is 0 Å². The van der Waals surface area contributed by atoms with Crippen LogP contribution >= 0.6 is 11.8 Å². The Morgan fingerprint density at radius 2 is 1.85 bits per heavy atom. The van der Waals surface area contributed by atoms with Crippen molar-refractivity contribution in [3.63, 3.8) is 0 Å². The molecule has 0 aliphatic rings. The molecule has 33 heavy (non-hydrogen) atoms. The highest BCUT2D eigenvalue weighted by molar-refractivity contribution is 7.98. The standard InChI is InChI=1S/C25H27N5O2S/c1-6-15-30-23(17-11-13-18(14-12-17)25(2,3)4)27-28-24(30)33-16-21-26-22(29-32-21)19-9-7-8-10-20(19)31-5/h6-14H,1,15-16H2,2-5H3. The number of rotatable bonds is 8. The molecule has 8 heteroatoms. The summed E-state index contributed by atoms with van der Waals surface area (Å²) in [5.41, 5.74) is 3.18. The maximum atomic E-state index is 5.46. The topological polar surface area (TPSA) is 78.9 Å². The van der Waals surface area contributed by atoms with Gasteiger partial charge >= 0.3 is 0 Å². The van der Waals surface area contributed by atoms with Gasteiger partial charge in [-0.15, -0.1) is 16.8 Å². The molecule has 0 aliphatic heterocycles. The largest absolute Gasteiger partial charge is 0.496 e. The van der Waals surface area contributed by atoms with Crippen LogP contribution in [0.25, 0.3) is 22.8 Å². The van der Waals surface area contributed by atoms with Crippen molar-refractivity contribution < 1.29 is 9.26 Å². The molecule has 0 saturated heterocycles. The molecule has 0 saturated carbocycles. The average molecular weight is 462 g/mol. The molecule has 4 rings (SSSR count). The van der Waals surface area contributed by atoms with Gasteiger partial charge in [0, 0.05) is 12.1 Å². The van der Waals surface area contributed by atoms with E-state index in [2.05, 4.69) is 72.0 Å². The highest BCUT2D eigenvalue weighted by Crippen LogP contribution is 2.30. The second kappa shape index (κ2) is 9.62. The smallest absolute Gasteiger partial charge is 0.237 e. The molecule has 0 atom stereocenters. The van der Waals surface area contributed by atoms with Crippen LogP contribution < -0.4 is 4.74 Å². The lowest BCUT2D eigenvalue weighted by Gasteiger charge is -2.19. The molecule has 0 amide bonds. The van der Waals surface area contributed by atoms with Gasteiger partial charge in [-0.05, 0) is 23.1 Å².